The Labute approximate surface area is 119 Å². The Balaban J connectivity index is 2.08. The highest BCUT2D eigenvalue weighted by Gasteiger charge is 2.42. The summed E-state index contributed by atoms with van der Waals surface area (Å²) < 4.78 is 5.39. The Hall–Kier alpha value is -1.39. The fraction of sp³-hybridized carbons (Fsp3) is 0.800. The van der Waals surface area contributed by atoms with Gasteiger partial charge in [-0.1, -0.05) is 13.8 Å². The highest BCUT2D eigenvalue weighted by atomic mass is 16.5. The van der Waals surface area contributed by atoms with Crippen molar-refractivity contribution in [1.82, 2.24) is 0 Å². The fourth-order valence-corrected chi connectivity index (χ4v) is 3.67. The molecule has 1 amide bonds. The van der Waals surface area contributed by atoms with Gasteiger partial charge in [-0.2, -0.15) is 0 Å². The standard InChI is InChI=1S/C15H23NO4/c1-8-3-9(2)15(19)11(4-8)12-5-10(6-13(16)17)7-14(18)20-12/h8-12H,3-7H2,1-2H3,(H2,16,17)/t8-,9-,10-,11+,12+/m0/s1. The predicted octanol–water partition coefficient (Wildman–Crippen LogP) is 1.43. The Morgan fingerprint density at radius 3 is 2.60 bits per heavy atom. The van der Waals surface area contributed by atoms with Crippen LogP contribution in [0.25, 0.3) is 0 Å². The van der Waals surface area contributed by atoms with E-state index in [1.807, 2.05) is 6.92 Å². The predicted molar refractivity (Wildman–Crippen MR) is 72.5 cm³/mol. The van der Waals surface area contributed by atoms with Gasteiger partial charge in [0, 0.05) is 18.8 Å². The van der Waals surface area contributed by atoms with E-state index in [0.717, 1.165) is 12.8 Å². The van der Waals surface area contributed by atoms with Crippen LogP contribution in [0.2, 0.25) is 0 Å². The van der Waals surface area contributed by atoms with Crippen LogP contribution in [-0.4, -0.2) is 23.8 Å². The number of carbonyl (C=O) groups is 3. The van der Waals surface area contributed by atoms with Crippen molar-refractivity contribution in [1.29, 1.82) is 0 Å². The smallest absolute Gasteiger partial charge is 0.306 e. The molecule has 2 N–H and O–H groups in total. The maximum absolute atomic E-state index is 12.3. The first-order valence-corrected chi connectivity index (χ1v) is 7.38. The van der Waals surface area contributed by atoms with E-state index in [2.05, 4.69) is 6.92 Å². The molecule has 1 aliphatic carbocycles. The van der Waals surface area contributed by atoms with Crippen LogP contribution in [0.5, 0.6) is 0 Å². The second-order valence-corrected chi connectivity index (χ2v) is 6.49. The van der Waals surface area contributed by atoms with Gasteiger partial charge >= 0.3 is 5.97 Å². The maximum Gasteiger partial charge on any atom is 0.306 e. The number of nitrogens with two attached hydrogens (primary N) is 1. The first-order valence-electron chi connectivity index (χ1n) is 7.38. The molecule has 5 heteroatoms. The molecule has 2 rings (SSSR count). The van der Waals surface area contributed by atoms with E-state index in [1.165, 1.54) is 0 Å². The number of cyclic esters (lactones) is 1. The van der Waals surface area contributed by atoms with Gasteiger partial charge in [0.05, 0.1) is 5.92 Å². The van der Waals surface area contributed by atoms with Gasteiger partial charge in [0.1, 0.15) is 11.9 Å². The minimum absolute atomic E-state index is 0.0268. The lowest BCUT2D eigenvalue weighted by atomic mass is 9.71. The van der Waals surface area contributed by atoms with Gasteiger partial charge in [0.15, 0.2) is 0 Å². The van der Waals surface area contributed by atoms with Crippen LogP contribution in [0.1, 0.15) is 46.0 Å². The van der Waals surface area contributed by atoms with Gasteiger partial charge in [-0.15, -0.1) is 0 Å². The lowest BCUT2D eigenvalue weighted by molar-refractivity contribution is -0.164. The third-order valence-electron chi connectivity index (χ3n) is 4.51. The molecule has 1 heterocycles. The number of hydrogen-bond acceptors (Lipinski definition) is 4. The summed E-state index contributed by atoms with van der Waals surface area (Å²) in [6.45, 7) is 4.07. The zero-order valence-corrected chi connectivity index (χ0v) is 12.1. The molecule has 112 valence electrons. The normalized spacial score (nSPS) is 38.4. The van der Waals surface area contributed by atoms with Crippen LogP contribution in [-0.2, 0) is 19.1 Å². The number of esters is 1. The van der Waals surface area contributed by atoms with Crippen molar-refractivity contribution in [2.24, 2.45) is 29.4 Å². The lowest BCUT2D eigenvalue weighted by Crippen LogP contribution is -2.44. The van der Waals surface area contributed by atoms with Gasteiger partial charge in [0.2, 0.25) is 5.91 Å². The van der Waals surface area contributed by atoms with Gasteiger partial charge in [0.25, 0.3) is 0 Å². The molecule has 0 spiro atoms. The van der Waals surface area contributed by atoms with E-state index in [-0.39, 0.29) is 48.5 Å². The summed E-state index contributed by atoms with van der Waals surface area (Å²) in [7, 11) is 0. The van der Waals surface area contributed by atoms with Crippen LogP contribution >= 0.6 is 0 Å². The van der Waals surface area contributed by atoms with Crippen LogP contribution in [0.15, 0.2) is 0 Å². The summed E-state index contributed by atoms with van der Waals surface area (Å²) in [4.78, 5) is 35.0. The van der Waals surface area contributed by atoms with Crippen LogP contribution in [0.3, 0.4) is 0 Å². The first kappa shape index (κ1) is 15.0. The highest BCUT2D eigenvalue weighted by molar-refractivity contribution is 5.85. The minimum Gasteiger partial charge on any atom is -0.462 e. The van der Waals surface area contributed by atoms with Crippen LogP contribution < -0.4 is 5.73 Å². The molecular weight excluding hydrogens is 258 g/mol. The molecule has 0 aromatic heterocycles. The average Bonchev–Trinajstić information content (AvgIpc) is 2.32. The molecule has 0 unspecified atom stereocenters. The fourth-order valence-electron chi connectivity index (χ4n) is 3.67. The first-order chi connectivity index (χ1) is 9.36. The van der Waals surface area contributed by atoms with Crippen molar-refractivity contribution >= 4 is 17.7 Å². The number of hydrogen-bond donors (Lipinski definition) is 1. The lowest BCUT2D eigenvalue weighted by Gasteiger charge is -2.38. The molecule has 0 aromatic carbocycles. The third-order valence-corrected chi connectivity index (χ3v) is 4.51. The molecule has 5 atom stereocenters. The van der Waals surface area contributed by atoms with Crippen molar-refractivity contribution < 1.29 is 19.1 Å². The van der Waals surface area contributed by atoms with E-state index in [0.29, 0.717) is 12.3 Å². The van der Waals surface area contributed by atoms with Gasteiger partial charge < -0.3 is 10.5 Å². The van der Waals surface area contributed by atoms with Crippen molar-refractivity contribution in [3.63, 3.8) is 0 Å². The Morgan fingerprint density at radius 2 is 1.95 bits per heavy atom. The van der Waals surface area contributed by atoms with Crippen LogP contribution in [0.4, 0.5) is 0 Å². The highest BCUT2D eigenvalue weighted by Crippen LogP contribution is 2.37. The summed E-state index contributed by atoms with van der Waals surface area (Å²) >= 11 is 0. The zero-order valence-electron chi connectivity index (χ0n) is 12.1. The Bertz CT molecular complexity index is 418. The van der Waals surface area contributed by atoms with E-state index in [9.17, 15) is 14.4 Å². The molecular formula is C15H23NO4. The van der Waals surface area contributed by atoms with E-state index >= 15 is 0 Å². The summed E-state index contributed by atoms with van der Waals surface area (Å²) in [6.07, 6.45) is 2.29. The van der Waals surface area contributed by atoms with Crippen molar-refractivity contribution in [3.8, 4) is 0 Å². The molecule has 20 heavy (non-hydrogen) atoms. The van der Waals surface area contributed by atoms with Gasteiger partial charge in [-0.3, -0.25) is 14.4 Å². The minimum atomic E-state index is -0.403. The van der Waals surface area contributed by atoms with Crippen molar-refractivity contribution in [3.05, 3.63) is 0 Å². The second kappa shape index (κ2) is 5.94. The molecule has 1 saturated carbocycles. The van der Waals surface area contributed by atoms with E-state index in [4.69, 9.17) is 10.5 Å². The molecule has 0 radical (unpaired) electrons. The topological polar surface area (TPSA) is 86.5 Å². The molecule has 5 nitrogen and oxygen atoms in total. The number of amides is 1. The number of Topliss-reactive ketones (excluding diaryl/α,β-unsaturated/α-hetero) is 1. The summed E-state index contributed by atoms with van der Waals surface area (Å²) in [5, 5.41) is 0. The Kier molecular flexibility index (Phi) is 4.45. The molecule has 1 aliphatic heterocycles. The molecule has 2 fully saturated rings. The number of carbonyl (C=O) groups excluding carboxylic acids is 3. The molecule has 0 bridgehead atoms. The van der Waals surface area contributed by atoms with E-state index < -0.39 is 5.91 Å². The number of ether oxygens (including phenoxy) is 1. The third kappa shape index (κ3) is 3.38. The summed E-state index contributed by atoms with van der Waals surface area (Å²) in [6, 6.07) is 0. The van der Waals surface area contributed by atoms with E-state index in [1.54, 1.807) is 0 Å². The number of rotatable bonds is 3. The zero-order chi connectivity index (χ0) is 14.9. The summed E-state index contributed by atoms with van der Waals surface area (Å²) in [5.74, 6) is -0.332. The molecule has 0 aromatic rings. The number of primary amides is 1. The van der Waals surface area contributed by atoms with Crippen molar-refractivity contribution in [2.75, 3.05) is 0 Å². The Morgan fingerprint density at radius 1 is 1.25 bits per heavy atom. The summed E-state index contributed by atoms with van der Waals surface area (Å²) in [5.41, 5.74) is 5.21. The van der Waals surface area contributed by atoms with Gasteiger partial charge in [-0.25, -0.2) is 0 Å². The average molecular weight is 281 g/mol. The second-order valence-electron chi connectivity index (χ2n) is 6.49. The molecule has 1 saturated heterocycles. The maximum atomic E-state index is 12.3. The van der Waals surface area contributed by atoms with Gasteiger partial charge in [-0.05, 0) is 31.1 Å². The van der Waals surface area contributed by atoms with Crippen molar-refractivity contribution in [2.45, 2.75) is 52.1 Å². The largest absolute Gasteiger partial charge is 0.462 e. The quantitative estimate of drug-likeness (QED) is 0.793. The monoisotopic (exact) mass is 281 g/mol. The molecule has 2 aliphatic rings. The number of ketones is 1. The van der Waals surface area contributed by atoms with Crippen LogP contribution in [0, 0.1) is 23.7 Å². The SMILES string of the molecule is C[C@H]1C[C@H](C)C(=O)[C@@H]([C@H]2C[C@@H](CC(N)=O)CC(=O)O2)C1.